The first-order valence-electron chi connectivity index (χ1n) is 5.18. The monoisotopic (exact) mass is 285 g/mol. The van der Waals surface area contributed by atoms with Gasteiger partial charge in [0.2, 0.25) is 0 Å². The van der Waals surface area contributed by atoms with Crippen molar-refractivity contribution in [3.8, 4) is 0 Å². The number of nitrogens with one attached hydrogen (secondary N) is 1. The van der Waals surface area contributed by atoms with Gasteiger partial charge in [0, 0.05) is 16.7 Å². The maximum Gasteiger partial charge on any atom is 0.253 e. The summed E-state index contributed by atoms with van der Waals surface area (Å²) >= 11 is 3.31. The van der Waals surface area contributed by atoms with Crippen LogP contribution in [0.15, 0.2) is 22.7 Å². The largest absolute Gasteiger partial charge is 0.398 e. The van der Waals surface area contributed by atoms with E-state index >= 15 is 0 Å². The molecule has 0 heterocycles. The summed E-state index contributed by atoms with van der Waals surface area (Å²) in [5.41, 5.74) is 12.1. The van der Waals surface area contributed by atoms with Crippen LogP contribution in [0.4, 0.5) is 5.69 Å². The number of unbranched alkanes of at least 4 members (excludes halogenated alkanes) is 1. The van der Waals surface area contributed by atoms with E-state index in [0.29, 0.717) is 24.3 Å². The zero-order valence-corrected chi connectivity index (χ0v) is 10.6. The Morgan fingerprint density at radius 2 is 2.12 bits per heavy atom. The molecule has 1 rings (SSSR count). The molecule has 0 spiro atoms. The van der Waals surface area contributed by atoms with Crippen molar-refractivity contribution >= 4 is 27.5 Å². The first kappa shape index (κ1) is 13.0. The number of anilines is 1. The molecule has 0 unspecified atom stereocenters. The van der Waals surface area contributed by atoms with Gasteiger partial charge < -0.3 is 16.8 Å². The maximum absolute atomic E-state index is 11.7. The van der Waals surface area contributed by atoms with E-state index in [1.165, 1.54) is 0 Å². The van der Waals surface area contributed by atoms with E-state index in [-0.39, 0.29) is 5.91 Å². The number of benzene rings is 1. The highest BCUT2D eigenvalue weighted by molar-refractivity contribution is 9.10. The first-order valence-corrected chi connectivity index (χ1v) is 5.97. The van der Waals surface area contributed by atoms with E-state index in [0.717, 1.165) is 17.3 Å². The molecule has 0 saturated carbocycles. The Hall–Kier alpha value is -1.07. The average molecular weight is 286 g/mol. The second kappa shape index (κ2) is 6.50. The minimum absolute atomic E-state index is 0.143. The third kappa shape index (κ3) is 3.83. The van der Waals surface area contributed by atoms with Crippen molar-refractivity contribution in [3.63, 3.8) is 0 Å². The average Bonchev–Trinajstić information content (AvgIpc) is 2.27. The Kier molecular flexibility index (Phi) is 5.28. The Morgan fingerprint density at radius 3 is 2.81 bits per heavy atom. The minimum atomic E-state index is -0.143. The molecule has 0 fully saturated rings. The molecule has 0 bridgehead atoms. The zero-order chi connectivity index (χ0) is 12.0. The van der Waals surface area contributed by atoms with Gasteiger partial charge in [0.05, 0.1) is 5.56 Å². The number of rotatable bonds is 5. The molecule has 0 radical (unpaired) electrons. The zero-order valence-electron chi connectivity index (χ0n) is 9.00. The molecule has 0 aliphatic rings. The Bertz CT molecular complexity index is 368. The van der Waals surface area contributed by atoms with Gasteiger partial charge in [0.15, 0.2) is 0 Å². The lowest BCUT2D eigenvalue weighted by Crippen LogP contribution is -2.25. The van der Waals surface area contributed by atoms with Crippen LogP contribution in [0.1, 0.15) is 23.2 Å². The third-order valence-electron chi connectivity index (χ3n) is 2.18. The van der Waals surface area contributed by atoms with Crippen molar-refractivity contribution in [2.45, 2.75) is 12.8 Å². The van der Waals surface area contributed by atoms with Crippen LogP contribution in [-0.2, 0) is 0 Å². The second-order valence-electron chi connectivity index (χ2n) is 3.48. The van der Waals surface area contributed by atoms with E-state index in [2.05, 4.69) is 21.2 Å². The minimum Gasteiger partial charge on any atom is -0.398 e. The van der Waals surface area contributed by atoms with Gasteiger partial charge in [-0.15, -0.1) is 0 Å². The molecular formula is C11H16BrN3O. The van der Waals surface area contributed by atoms with Crippen LogP contribution >= 0.6 is 15.9 Å². The summed E-state index contributed by atoms with van der Waals surface area (Å²) in [5, 5.41) is 2.81. The van der Waals surface area contributed by atoms with Crippen molar-refractivity contribution in [3.05, 3.63) is 28.2 Å². The number of hydrogen-bond donors (Lipinski definition) is 3. The fraction of sp³-hybridized carbons (Fsp3) is 0.364. The molecule has 4 nitrogen and oxygen atoms in total. The van der Waals surface area contributed by atoms with E-state index in [1.54, 1.807) is 18.2 Å². The number of carbonyl (C=O) groups excluding carboxylic acids is 1. The topological polar surface area (TPSA) is 81.1 Å². The van der Waals surface area contributed by atoms with Gasteiger partial charge in [-0.3, -0.25) is 4.79 Å². The molecule has 1 amide bonds. The quantitative estimate of drug-likeness (QED) is 0.566. The normalized spacial score (nSPS) is 10.1. The summed E-state index contributed by atoms with van der Waals surface area (Å²) in [4.78, 5) is 11.7. The molecule has 0 aliphatic heterocycles. The Morgan fingerprint density at radius 1 is 1.38 bits per heavy atom. The molecule has 0 saturated heterocycles. The van der Waals surface area contributed by atoms with Crippen molar-refractivity contribution in [2.75, 3.05) is 18.8 Å². The summed E-state index contributed by atoms with van der Waals surface area (Å²) in [5.74, 6) is -0.143. The smallest absolute Gasteiger partial charge is 0.253 e. The highest BCUT2D eigenvalue weighted by Crippen LogP contribution is 2.18. The number of nitrogens with two attached hydrogens (primary N) is 2. The van der Waals surface area contributed by atoms with Gasteiger partial charge >= 0.3 is 0 Å². The number of carbonyl (C=O) groups is 1. The van der Waals surface area contributed by atoms with Crippen molar-refractivity contribution < 1.29 is 4.79 Å². The number of halogens is 1. The van der Waals surface area contributed by atoms with Gasteiger partial charge in [-0.2, -0.15) is 0 Å². The van der Waals surface area contributed by atoms with Crippen molar-refractivity contribution in [1.82, 2.24) is 5.32 Å². The van der Waals surface area contributed by atoms with Crippen LogP contribution in [0, 0.1) is 0 Å². The lowest BCUT2D eigenvalue weighted by Gasteiger charge is -2.07. The van der Waals surface area contributed by atoms with E-state index in [4.69, 9.17) is 11.5 Å². The Balaban J connectivity index is 2.55. The van der Waals surface area contributed by atoms with Crippen LogP contribution in [0.5, 0.6) is 0 Å². The number of amides is 1. The summed E-state index contributed by atoms with van der Waals surface area (Å²) in [6.45, 7) is 1.27. The van der Waals surface area contributed by atoms with Gasteiger partial charge in [0.1, 0.15) is 0 Å². The fourth-order valence-corrected chi connectivity index (χ4v) is 1.65. The maximum atomic E-state index is 11.7. The molecular weight excluding hydrogens is 270 g/mol. The molecule has 1 aromatic rings. The molecule has 0 aromatic heterocycles. The van der Waals surface area contributed by atoms with Crippen molar-refractivity contribution in [2.24, 2.45) is 5.73 Å². The van der Waals surface area contributed by atoms with E-state index < -0.39 is 0 Å². The Labute approximate surface area is 104 Å². The number of hydrogen-bond acceptors (Lipinski definition) is 3. The van der Waals surface area contributed by atoms with Crippen LogP contribution in [0.3, 0.4) is 0 Å². The van der Waals surface area contributed by atoms with Crippen LogP contribution in [0.25, 0.3) is 0 Å². The van der Waals surface area contributed by atoms with Crippen molar-refractivity contribution in [1.29, 1.82) is 0 Å². The van der Waals surface area contributed by atoms with Crippen LogP contribution < -0.4 is 16.8 Å². The lowest BCUT2D eigenvalue weighted by molar-refractivity contribution is 0.0954. The molecule has 5 heteroatoms. The summed E-state index contributed by atoms with van der Waals surface area (Å²) in [6, 6.07) is 5.23. The van der Waals surface area contributed by atoms with E-state index in [9.17, 15) is 4.79 Å². The predicted octanol–water partition coefficient (Wildman–Crippen LogP) is 1.50. The fourth-order valence-electron chi connectivity index (χ4n) is 1.29. The summed E-state index contributed by atoms with van der Waals surface area (Å²) in [6.07, 6.45) is 1.80. The molecule has 5 N–H and O–H groups in total. The molecule has 16 heavy (non-hydrogen) atoms. The highest BCUT2D eigenvalue weighted by Gasteiger charge is 2.08. The standard InChI is InChI=1S/C11H16BrN3O/c12-8-3-4-10(14)9(7-8)11(16)15-6-2-1-5-13/h3-4,7H,1-2,5-6,13-14H2,(H,15,16). The lowest BCUT2D eigenvalue weighted by atomic mass is 10.1. The van der Waals surface area contributed by atoms with Gasteiger partial charge in [-0.05, 0) is 37.6 Å². The molecule has 0 aliphatic carbocycles. The van der Waals surface area contributed by atoms with Crippen LogP contribution in [-0.4, -0.2) is 19.0 Å². The predicted molar refractivity (Wildman–Crippen MR) is 69.2 cm³/mol. The summed E-state index contributed by atoms with van der Waals surface area (Å²) in [7, 11) is 0. The van der Waals surface area contributed by atoms with Gasteiger partial charge in [0.25, 0.3) is 5.91 Å². The van der Waals surface area contributed by atoms with Crippen LogP contribution in [0.2, 0.25) is 0 Å². The summed E-state index contributed by atoms with van der Waals surface area (Å²) < 4.78 is 0.841. The highest BCUT2D eigenvalue weighted by atomic mass is 79.9. The first-order chi connectivity index (χ1) is 7.65. The van der Waals surface area contributed by atoms with E-state index in [1.807, 2.05) is 0 Å². The third-order valence-corrected chi connectivity index (χ3v) is 2.67. The van der Waals surface area contributed by atoms with Gasteiger partial charge in [-0.1, -0.05) is 15.9 Å². The molecule has 0 atom stereocenters. The number of nitrogen functional groups attached to an aromatic ring is 1. The second-order valence-corrected chi connectivity index (χ2v) is 4.40. The molecule has 88 valence electrons. The molecule has 1 aromatic carbocycles. The van der Waals surface area contributed by atoms with Gasteiger partial charge in [-0.25, -0.2) is 0 Å². The SMILES string of the molecule is NCCCCNC(=O)c1cc(Br)ccc1N.